The molecule has 0 aliphatic carbocycles. The fourth-order valence-electron chi connectivity index (χ4n) is 2.73. The normalized spacial score (nSPS) is 15.4. The molecule has 2 rings (SSSR count). The summed E-state index contributed by atoms with van der Waals surface area (Å²) in [6, 6.07) is 7.16. The standard InChI is InChI=1S/C18H25ClN2O3/c1-13(2)11-18(23)21-9-7-14(8-10-21)20-17(22)12-24-16-6-4-3-5-15(16)19/h3-6,13-14H,7-12H2,1-2H3,(H,20,22). The number of amides is 2. The summed E-state index contributed by atoms with van der Waals surface area (Å²) >= 11 is 5.99. The van der Waals surface area contributed by atoms with Gasteiger partial charge in [0.1, 0.15) is 5.75 Å². The Morgan fingerprint density at radius 2 is 1.96 bits per heavy atom. The Bertz CT molecular complexity index is 569. The third-order valence-corrected chi connectivity index (χ3v) is 4.30. The highest BCUT2D eigenvalue weighted by Crippen LogP contribution is 2.22. The number of hydrogen-bond donors (Lipinski definition) is 1. The van der Waals surface area contributed by atoms with Crippen molar-refractivity contribution in [2.75, 3.05) is 19.7 Å². The Morgan fingerprint density at radius 1 is 1.29 bits per heavy atom. The molecule has 0 spiro atoms. The molecule has 1 aliphatic rings. The number of rotatable bonds is 6. The van der Waals surface area contributed by atoms with E-state index in [1.54, 1.807) is 12.1 Å². The highest BCUT2D eigenvalue weighted by Gasteiger charge is 2.24. The maximum Gasteiger partial charge on any atom is 0.258 e. The zero-order valence-electron chi connectivity index (χ0n) is 14.3. The lowest BCUT2D eigenvalue weighted by Gasteiger charge is -2.32. The van der Waals surface area contributed by atoms with E-state index in [1.165, 1.54) is 0 Å². The van der Waals surface area contributed by atoms with Crippen LogP contribution < -0.4 is 10.1 Å². The lowest BCUT2D eigenvalue weighted by atomic mass is 10.0. The summed E-state index contributed by atoms with van der Waals surface area (Å²) in [5.41, 5.74) is 0. The quantitative estimate of drug-likeness (QED) is 0.856. The molecule has 0 aromatic heterocycles. The average Bonchev–Trinajstić information content (AvgIpc) is 2.54. The van der Waals surface area contributed by atoms with E-state index in [0.717, 1.165) is 12.8 Å². The van der Waals surface area contributed by atoms with Crippen molar-refractivity contribution in [2.24, 2.45) is 5.92 Å². The molecule has 1 aromatic rings. The molecule has 5 nitrogen and oxygen atoms in total. The van der Waals surface area contributed by atoms with Gasteiger partial charge in [0.25, 0.3) is 5.91 Å². The highest BCUT2D eigenvalue weighted by molar-refractivity contribution is 6.32. The van der Waals surface area contributed by atoms with Gasteiger partial charge < -0.3 is 15.0 Å². The van der Waals surface area contributed by atoms with Crippen molar-refractivity contribution in [3.8, 4) is 5.75 Å². The molecular weight excluding hydrogens is 328 g/mol. The van der Waals surface area contributed by atoms with Crippen LogP contribution in [0, 0.1) is 5.92 Å². The molecule has 0 atom stereocenters. The Balaban J connectivity index is 1.70. The summed E-state index contributed by atoms with van der Waals surface area (Å²) in [5, 5.41) is 3.45. The SMILES string of the molecule is CC(C)CC(=O)N1CCC(NC(=O)COc2ccccc2Cl)CC1. The van der Waals surface area contributed by atoms with Gasteiger partial charge in [-0.1, -0.05) is 37.6 Å². The van der Waals surface area contributed by atoms with Crippen molar-refractivity contribution >= 4 is 23.4 Å². The summed E-state index contributed by atoms with van der Waals surface area (Å²) in [7, 11) is 0. The first-order chi connectivity index (χ1) is 11.5. The van der Waals surface area contributed by atoms with Gasteiger partial charge in [0.15, 0.2) is 6.61 Å². The monoisotopic (exact) mass is 352 g/mol. The summed E-state index contributed by atoms with van der Waals surface area (Å²) in [4.78, 5) is 25.9. The first-order valence-corrected chi connectivity index (χ1v) is 8.78. The Morgan fingerprint density at radius 3 is 2.58 bits per heavy atom. The second-order valence-corrected chi connectivity index (χ2v) is 6.95. The van der Waals surface area contributed by atoms with E-state index in [1.807, 2.05) is 30.9 Å². The van der Waals surface area contributed by atoms with Gasteiger partial charge in [0.05, 0.1) is 5.02 Å². The first kappa shape index (κ1) is 18.6. The fraction of sp³-hybridized carbons (Fsp3) is 0.556. The van der Waals surface area contributed by atoms with Gasteiger partial charge in [-0.15, -0.1) is 0 Å². The predicted molar refractivity (Wildman–Crippen MR) is 94.1 cm³/mol. The number of hydrogen-bond acceptors (Lipinski definition) is 3. The van der Waals surface area contributed by atoms with Crippen molar-refractivity contribution in [2.45, 2.75) is 39.2 Å². The van der Waals surface area contributed by atoms with Crippen molar-refractivity contribution < 1.29 is 14.3 Å². The third-order valence-electron chi connectivity index (χ3n) is 3.99. The number of halogens is 1. The van der Waals surface area contributed by atoms with Crippen molar-refractivity contribution in [3.05, 3.63) is 29.3 Å². The number of likely N-dealkylation sites (tertiary alicyclic amines) is 1. The second kappa shape index (κ2) is 8.92. The van der Waals surface area contributed by atoms with Crippen molar-refractivity contribution in [3.63, 3.8) is 0 Å². The largest absolute Gasteiger partial charge is 0.482 e. The molecule has 1 fully saturated rings. The minimum absolute atomic E-state index is 0.0593. The van der Waals surface area contributed by atoms with Crippen molar-refractivity contribution in [1.82, 2.24) is 10.2 Å². The molecular formula is C18H25ClN2O3. The van der Waals surface area contributed by atoms with Crippen LogP contribution in [0.5, 0.6) is 5.75 Å². The van der Waals surface area contributed by atoms with Crippen LogP contribution in [0.2, 0.25) is 5.02 Å². The van der Waals surface area contributed by atoms with Crippen molar-refractivity contribution in [1.29, 1.82) is 0 Å². The van der Waals surface area contributed by atoms with Crippen LogP contribution in [-0.4, -0.2) is 42.5 Å². The summed E-state index contributed by atoms with van der Waals surface area (Å²) in [6.07, 6.45) is 2.14. The van der Waals surface area contributed by atoms with Gasteiger partial charge >= 0.3 is 0 Å². The van der Waals surface area contributed by atoms with E-state index in [4.69, 9.17) is 16.3 Å². The van der Waals surface area contributed by atoms with Crippen LogP contribution in [0.4, 0.5) is 0 Å². The lowest BCUT2D eigenvalue weighted by molar-refractivity contribution is -0.133. The molecule has 1 aromatic carbocycles. The van der Waals surface area contributed by atoms with E-state index in [2.05, 4.69) is 5.32 Å². The van der Waals surface area contributed by atoms with Gasteiger partial charge in [-0.2, -0.15) is 0 Å². The van der Waals surface area contributed by atoms with E-state index < -0.39 is 0 Å². The number of ether oxygens (including phenoxy) is 1. The average molecular weight is 353 g/mol. The minimum Gasteiger partial charge on any atom is -0.482 e. The molecule has 1 heterocycles. The predicted octanol–water partition coefficient (Wildman–Crippen LogP) is 2.87. The first-order valence-electron chi connectivity index (χ1n) is 8.40. The number of carbonyl (C=O) groups is 2. The number of nitrogens with zero attached hydrogens (tertiary/aromatic N) is 1. The number of para-hydroxylation sites is 1. The van der Waals surface area contributed by atoms with Crippen LogP contribution in [0.15, 0.2) is 24.3 Å². The highest BCUT2D eigenvalue weighted by atomic mass is 35.5. The van der Waals surface area contributed by atoms with Gasteiger partial charge in [-0.05, 0) is 30.9 Å². The molecule has 1 aliphatic heterocycles. The van der Waals surface area contributed by atoms with Crippen LogP contribution in [-0.2, 0) is 9.59 Å². The molecule has 6 heteroatoms. The maximum atomic E-state index is 12.0. The molecule has 0 saturated carbocycles. The van der Waals surface area contributed by atoms with Gasteiger partial charge in [0.2, 0.25) is 5.91 Å². The zero-order valence-corrected chi connectivity index (χ0v) is 15.0. The molecule has 24 heavy (non-hydrogen) atoms. The van der Waals surface area contributed by atoms with Gasteiger partial charge in [0, 0.05) is 25.6 Å². The summed E-state index contributed by atoms with van der Waals surface area (Å²) in [5.74, 6) is 0.916. The van der Waals surface area contributed by atoms with E-state index in [9.17, 15) is 9.59 Å². The van der Waals surface area contributed by atoms with Gasteiger partial charge in [-0.25, -0.2) is 0 Å². The number of carbonyl (C=O) groups excluding carboxylic acids is 2. The minimum atomic E-state index is -0.165. The topological polar surface area (TPSA) is 58.6 Å². The molecule has 0 bridgehead atoms. The number of benzene rings is 1. The van der Waals surface area contributed by atoms with Crippen LogP contribution >= 0.6 is 11.6 Å². The Hall–Kier alpha value is -1.75. The van der Waals surface area contributed by atoms with Crippen LogP contribution in [0.3, 0.4) is 0 Å². The smallest absolute Gasteiger partial charge is 0.258 e. The number of nitrogens with one attached hydrogen (secondary N) is 1. The summed E-state index contributed by atoms with van der Waals surface area (Å²) in [6.45, 7) is 5.42. The maximum absolute atomic E-state index is 12.0. The lowest BCUT2D eigenvalue weighted by Crippen LogP contribution is -2.47. The third kappa shape index (κ3) is 5.71. The fourth-order valence-corrected chi connectivity index (χ4v) is 2.92. The van der Waals surface area contributed by atoms with E-state index in [0.29, 0.717) is 36.2 Å². The van der Waals surface area contributed by atoms with Crippen LogP contribution in [0.25, 0.3) is 0 Å². The molecule has 132 valence electrons. The Kier molecular flexibility index (Phi) is 6.91. The van der Waals surface area contributed by atoms with E-state index in [-0.39, 0.29) is 24.5 Å². The Labute approximate surface area is 148 Å². The molecule has 1 saturated heterocycles. The van der Waals surface area contributed by atoms with E-state index >= 15 is 0 Å². The molecule has 0 radical (unpaired) electrons. The van der Waals surface area contributed by atoms with Crippen LogP contribution in [0.1, 0.15) is 33.1 Å². The van der Waals surface area contributed by atoms with Gasteiger partial charge in [-0.3, -0.25) is 9.59 Å². The number of piperidine rings is 1. The zero-order chi connectivity index (χ0) is 17.5. The summed E-state index contributed by atoms with van der Waals surface area (Å²) < 4.78 is 5.43. The second-order valence-electron chi connectivity index (χ2n) is 6.54. The molecule has 2 amide bonds. The molecule has 0 unspecified atom stereocenters. The molecule has 1 N–H and O–H groups in total.